The fraction of sp³-hybridized carbons (Fsp3) is 0.875. The van der Waals surface area contributed by atoms with Crippen LogP contribution in [0.1, 0.15) is 58.8 Å². The second kappa shape index (κ2) is 6.15. The van der Waals surface area contributed by atoms with Crippen LogP contribution in [0, 0.1) is 17.3 Å². The van der Waals surface area contributed by atoms with E-state index in [1.54, 1.807) is 0 Å². The minimum atomic E-state index is -0.793. The van der Waals surface area contributed by atoms with Crippen LogP contribution in [-0.4, -0.2) is 35.0 Å². The van der Waals surface area contributed by atoms with E-state index in [4.69, 9.17) is 0 Å². The molecule has 114 valence electrons. The Kier molecular flexibility index (Phi) is 4.71. The molecular formula is C16H27NO3. The van der Waals surface area contributed by atoms with Gasteiger partial charge in [-0.2, -0.15) is 0 Å². The lowest BCUT2D eigenvalue weighted by Gasteiger charge is -2.41. The third-order valence-electron chi connectivity index (χ3n) is 5.54. The van der Waals surface area contributed by atoms with Crippen LogP contribution in [-0.2, 0) is 9.59 Å². The first-order valence-electron chi connectivity index (χ1n) is 7.98. The van der Waals surface area contributed by atoms with Crippen molar-refractivity contribution < 1.29 is 14.7 Å². The highest BCUT2D eigenvalue weighted by Gasteiger charge is 2.39. The van der Waals surface area contributed by atoms with Crippen molar-refractivity contribution in [2.45, 2.75) is 58.8 Å². The molecule has 1 N–H and O–H groups in total. The second-order valence-corrected chi connectivity index (χ2v) is 6.83. The van der Waals surface area contributed by atoms with Crippen LogP contribution in [0.15, 0.2) is 0 Å². The summed E-state index contributed by atoms with van der Waals surface area (Å²) < 4.78 is 0. The number of piperidine rings is 1. The van der Waals surface area contributed by atoms with Crippen molar-refractivity contribution in [3.63, 3.8) is 0 Å². The van der Waals surface area contributed by atoms with E-state index in [1.807, 2.05) is 4.90 Å². The summed E-state index contributed by atoms with van der Waals surface area (Å²) in [5.74, 6) is -1.45. The van der Waals surface area contributed by atoms with Crippen molar-refractivity contribution in [1.82, 2.24) is 4.90 Å². The van der Waals surface area contributed by atoms with E-state index in [0.717, 1.165) is 51.6 Å². The zero-order valence-electron chi connectivity index (χ0n) is 12.7. The van der Waals surface area contributed by atoms with Gasteiger partial charge in [0.15, 0.2) is 0 Å². The molecule has 1 saturated carbocycles. The van der Waals surface area contributed by atoms with Crippen molar-refractivity contribution in [1.29, 1.82) is 0 Å². The molecule has 1 saturated heterocycles. The molecule has 2 fully saturated rings. The predicted molar refractivity (Wildman–Crippen MR) is 77.3 cm³/mol. The zero-order valence-corrected chi connectivity index (χ0v) is 12.7. The quantitative estimate of drug-likeness (QED) is 0.865. The molecule has 20 heavy (non-hydrogen) atoms. The summed E-state index contributed by atoms with van der Waals surface area (Å²) in [5, 5.41) is 9.31. The van der Waals surface area contributed by atoms with Crippen LogP contribution in [0.5, 0.6) is 0 Å². The molecule has 1 aliphatic carbocycles. The lowest BCUT2D eigenvalue weighted by molar-refractivity contribution is -0.153. The smallest absolute Gasteiger partial charge is 0.307 e. The highest BCUT2D eigenvalue weighted by molar-refractivity contribution is 5.85. The predicted octanol–water partition coefficient (Wildman–Crippen LogP) is 2.92. The molecule has 1 aliphatic heterocycles. The number of aliphatic carboxylic acids is 1. The number of carbonyl (C=O) groups excluding carboxylic acids is 1. The van der Waals surface area contributed by atoms with Crippen molar-refractivity contribution in [2.75, 3.05) is 13.1 Å². The summed E-state index contributed by atoms with van der Waals surface area (Å²) in [6.45, 7) is 6.09. The summed E-state index contributed by atoms with van der Waals surface area (Å²) in [6.07, 6.45) is 6.56. The first kappa shape index (κ1) is 15.3. The van der Waals surface area contributed by atoms with Gasteiger partial charge in [-0.05, 0) is 31.1 Å². The fourth-order valence-corrected chi connectivity index (χ4v) is 3.58. The van der Waals surface area contributed by atoms with Gasteiger partial charge >= 0.3 is 5.97 Å². The average Bonchev–Trinajstić information content (AvgIpc) is 2.47. The van der Waals surface area contributed by atoms with E-state index in [0.29, 0.717) is 11.8 Å². The molecule has 0 bridgehead atoms. The lowest BCUT2D eigenvalue weighted by atomic mass is 9.76. The number of carbonyl (C=O) groups is 2. The third kappa shape index (κ3) is 3.15. The number of carboxylic acid groups (broad SMARTS) is 1. The van der Waals surface area contributed by atoms with Crippen molar-refractivity contribution in [2.24, 2.45) is 17.3 Å². The van der Waals surface area contributed by atoms with Gasteiger partial charge < -0.3 is 10.0 Å². The van der Waals surface area contributed by atoms with Gasteiger partial charge in [0.2, 0.25) is 5.91 Å². The molecule has 2 atom stereocenters. The molecule has 2 aliphatic rings. The van der Waals surface area contributed by atoms with E-state index in [-0.39, 0.29) is 11.8 Å². The monoisotopic (exact) mass is 281 g/mol. The molecule has 4 nitrogen and oxygen atoms in total. The summed E-state index contributed by atoms with van der Waals surface area (Å²) in [6, 6.07) is 0. The minimum absolute atomic E-state index is 0.0928. The Hall–Kier alpha value is -1.06. The molecule has 2 unspecified atom stereocenters. The maximum absolute atomic E-state index is 12.6. The van der Waals surface area contributed by atoms with E-state index < -0.39 is 11.9 Å². The van der Waals surface area contributed by atoms with Gasteiger partial charge in [-0.3, -0.25) is 9.59 Å². The summed E-state index contributed by atoms with van der Waals surface area (Å²) in [4.78, 5) is 25.9. The van der Waals surface area contributed by atoms with E-state index in [9.17, 15) is 14.7 Å². The van der Waals surface area contributed by atoms with Crippen molar-refractivity contribution >= 4 is 11.9 Å². The summed E-state index contributed by atoms with van der Waals surface area (Å²) >= 11 is 0. The van der Waals surface area contributed by atoms with Crippen LogP contribution < -0.4 is 0 Å². The van der Waals surface area contributed by atoms with Crippen LogP contribution in [0.2, 0.25) is 0 Å². The third-order valence-corrected chi connectivity index (χ3v) is 5.54. The normalized spacial score (nSPS) is 30.0. The van der Waals surface area contributed by atoms with Crippen LogP contribution in [0.3, 0.4) is 0 Å². The lowest BCUT2D eigenvalue weighted by Crippen LogP contribution is -2.47. The van der Waals surface area contributed by atoms with Gasteiger partial charge in [-0.15, -0.1) is 0 Å². The molecule has 4 heteroatoms. The number of hydrogen-bond donors (Lipinski definition) is 1. The maximum atomic E-state index is 12.6. The number of hydrogen-bond acceptors (Lipinski definition) is 2. The number of nitrogens with zero attached hydrogens (tertiary/aromatic N) is 1. The Morgan fingerprint density at radius 2 is 1.70 bits per heavy atom. The first-order chi connectivity index (χ1) is 9.47. The Bertz CT molecular complexity index is 372. The van der Waals surface area contributed by atoms with Crippen LogP contribution >= 0.6 is 0 Å². The zero-order chi connectivity index (χ0) is 14.8. The van der Waals surface area contributed by atoms with Crippen LogP contribution in [0.25, 0.3) is 0 Å². The molecular weight excluding hydrogens is 254 g/mol. The van der Waals surface area contributed by atoms with Crippen LogP contribution in [0.4, 0.5) is 0 Å². The molecule has 0 spiro atoms. The van der Waals surface area contributed by atoms with Gasteiger partial charge in [0, 0.05) is 13.1 Å². The molecule has 0 aromatic rings. The number of rotatable bonds is 3. The number of carboxylic acids is 1. The molecule has 1 heterocycles. The highest BCUT2D eigenvalue weighted by atomic mass is 16.4. The number of amides is 1. The first-order valence-corrected chi connectivity index (χ1v) is 7.98. The SMILES string of the molecule is CCC1(C)CCN(C(=O)C2CCCCC2C(=O)O)CC1. The summed E-state index contributed by atoms with van der Waals surface area (Å²) in [5.41, 5.74) is 0.357. The largest absolute Gasteiger partial charge is 0.481 e. The van der Waals surface area contributed by atoms with Crippen molar-refractivity contribution in [3.05, 3.63) is 0 Å². The standard InChI is InChI=1S/C16H27NO3/c1-3-16(2)8-10-17(11-9-16)14(18)12-6-4-5-7-13(12)15(19)20/h12-13H,3-11H2,1-2H3,(H,19,20). The molecule has 0 aromatic carbocycles. The molecule has 0 aromatic heterocycles. The minimum Gasteiger partial charge on any atom is -0.481 e. The highest BCUT2D eigenvalue weighted by Crippen LogP contribution is 2.37. The van der Waals surface area contributed by atoms with E-state index in [1.165, 1.54) is 0 Å². The van der Waals surface area contributed by atoms with Gasteiger partial charge in [-0.25, -0.2) is 0 Å². The Morgan fingerprint density at radius 1 is 1.15 bits per heavy atom. The second-order valence-electron chi connectivity index (χ2n) is 6.83. The van der Waals surface area contributed by atoms with Gasteiger partial charge in [0.25, 0.3) is 0 Å². The van der Waals surface area contributed by atoms with Gasteiger partial charge in [-0.1, -0.05) is 33.1 Å². The van der Waals surface area contributed by atoms with E-state index in [2.05, 4.69) is 13.8 Å². The average molecular weight is 281 g/mol. The Morgan fingerprint density at radius 3 is 2.20 bits per heavy atom. The maximum Gasteiger partial charge on any atom is 0.307 e. The molecule has 0 radical (unpaired) electrons. The number of likely N-dealkylation sites (tertiary alicyclic amines) is 1. The Balaban J connectivity index is 1.98. The van der Waals surface area contributed by atoms with E-state index >= 15 is 0 Å². The molecule has 2 rings (SSSR count). The fourth-order valence-electron chi connectivity index (χ4n) is 3.58. The molecule has 1 amide bonds. The van der Waals surface area contributed by atoms with Gasteiger partial charge in [0.1, 0.15) is 0 Å². The van der Waals surface area contributed by atoms with Gasteiger partial charge in [0.05, 0.1) is 11.8 Å². The summed E-state index contributed by atoms with van der Waals surface area (Å²) in [7, 11) is 0. The van der Waals surface area contributed by atoms with Crippen molar-refractivity contribution in [3.8, 4) is 0 Å². The Labute approximate surface area is 121 Å². The topological polar surface area (TPSA) is 57.6 Å².